The zero-order valence-corrected chi connectivity index (χ0v) is 7.96. The zero-order valence-electron chi connectivity index (χ0n) is 5.64. The molecule has 0 spiro atoms. The molecule has 11 heavy (non-hydrogen) atoms. The molecule has 0 amide bonds. The van der Waals surface area contributed by atoms with Crippen molar-refractivity contribution in [3.8, 4) is 0 Å². The van der Waals surface area contributed by atoms with Crippen LogP contribution in [0.2, 0.25) is 8.67 Å². The Labute approximate surface area is 78.1 Å². The quantitative estimate of drug-likeness (QED) is 0.430. The summed E-state index contributed by atoms with van der Waals surface area (Å²) >= 11 is 12.7. The zero-order chi connectivity index (χ0) is 8.43. The van der Waals surface area contributed by atoms with Crippen LogP contribution in [-0.2, 0) is 0 Å². The molecular weight excluding hydrogens is 205 g/mol. The molecule has 0 saturated carbocycles. The van der Waals surface area contributed by atoms with E-state index < -0.39 is 0 Å². The summed E-state index contributed by atoms with van der Waals surface area (Å²) in [5.41, 5.74) is 1.15. The largest absolute Gasteiger partial charge is 0.411 e. The SMILES string of the molecule is CC(=NO)c1cc(Cl)sc1Cl. The third kappa shape index (κ3) is 1.86. The van der Waals surface area contributed by atoms with Crippen molar-refractivity contribution in [1.82, 2.24) is 0 Å². The third-order valence-corrected chi connectivity index (χ3v) is 2.68. The predicted octanol–water partition coefficient (Wildman–Crippen LogP) is 3.25. The number of hydrogen-bond acceptors (Lipinski definition) is 3. The average molecular weight is 210 g/mol. The second-order valence-corrected chi connectivity index (χ2v) is 4.21. The lowest BCUT2D eigenvalue weighted by Gasteiger charge is -1.91. The number of rotatable bonds is 1. The number of halogens is 2. The van der Waals surface area contributed by atoms with Crippen molar-refractivity contribution < 1.29 is 5.21 Å². The highest BCUT2D eigenvalue weighted by molar-refractivity contribution is 7.20. The molecule has 0 aliphatic carbocycles. The fourth-order valence-electron chi connectivity index (χ4n) is 0.641. The summed E-state index contributed by atoms with van der Waals surface area (Å²) in [4.78, 5) is 0. The van der Waals surface area contributed by atoms with Crippen LogP contribution in [0, 0.1) is 0 Å². The van der Waals surface area contributed by atoms with Crippen molar-refractivity contribution in [1.29, 1.82) is 0 Å². The fourth-order valence-corrected chi connectivity index (χ4v) is 2.21. The van der Waals surface area contributed by atoms with Gasteiger partial charge in [-0.05, 0) is 13.0 Å². The van der Waals surface area contributed by atoms with Crippen LogP contribution in [-0.4, -0.2) is 10.9 Å². The molecule has 0 saturated heterocycles. The lowest BCUT2D eigenvalue weighted by molar-refractivity contribution is 0.319. The first kappa shape index (κ1) is 8.84. The topological polar surface area (TPSA) is 32.6 Å². The number of hydrogen-bond donors (Lipinski definition) is 1. The molecule has 0 radical (unpaired) electrons. The van der Waals surface area contributed by atoms with E-state index in [9.17, 15) is 0 Å². The van der Waals surface area contributed by atoms with Gasteiger partial charge >= 0.3 is 0 Å². The van der Waals surface area contributed by atoms with Gasteiger partial charge in [0.05, 0.1) is 10.0 Å². The van der Waals surface area contributed by atoms with E-state index in [0.717, 1.165) is 0 Å². The molecule has 0 unspecified atom stereocenters. The van der Waals surface area contributed by atoms with Crippen LogP contribution >= 0.6 is 34.5 Å². The molecule has 1 aromatic heterocycles. The minimum absolute atomic E-state index is 0.471. The minimum Gasteiger partial charge on any atom is -0.411 e. The van der Waals surface area contributed by atoms with Crippen LogP contribution in [0.3, 0.4) is 0 Å². The smallest absolute Gasteiger partial charge is 0.104 e. The van der Waals surface area contributed by atoms with Crippen molar-refractivity contribution in [2.45, 2.75) is 6.92 Å². The molecule has 0 aliphatic rings. The highest BCUT2D eigenvalue weighted by atomic mass is 35.5. The molecule has 60 valence electrons. The van der Waals surface area contributed by atoms with Crippen LogP contribution < -0.4 is 0 Å². The molecule has 0 fully saturated rings. The maximum absolute atomic E-state index is 8.41. The Morgan fingerprint density at radius 1 is 1.64 bits per heavy atom. The van der Waals surface area contributed by atoms with E-state index in [4.69, 9.17) is 28.4 Å². The van der Waals surface area contributed by atoms with E-state index in [1.807, 2.05) is 0 Å². The Hall–Kier alpha value is -0.250. The third-order valence-electron chi connectivity index (χ3n) is 1.20. The first-order valence-electron chi connectivity index (χ1n) is 2.79. The first-order chi connectivity index (χ1) is 5.15. The maximum atomic E-state index is 8.41. The molecule has 5 heteroatoms. The van der Waals surface area contributed by atoms with Gasteiger partial charge in [0.25, 0.3) is 0 Å². The van der Waals surface area contributed by atoms with Crippen molar-refractivity contribution in [3.05, 3.63) is 20.3 Å². The van der Waals surface area contributed by atoms with Gasteiger partial charge in [0.2, 0.25) is 0 Å². The van der Waals surface area contributed by atoms with Crippen molar-refractivity contribution in [2.75, 3.05) is 0 Å². The van der Waals surface area contributed by atoms with E-state index in [-0.39, 0.29) is 0 Å². The van der Waals surface area contributed by atoms with Gasteiger partial charge in [-0.25, -0.2) is 0 Å². The minimum atomic E-state index is 0.471. The van der Waals surface area contributed by atoms with Crippen molar-refractivity contribution in [3.63, 3.8) is 0 Å². The molecule has 1 N–H and O–H groups in total. The lowest BCUT2D eigenvalue weighted by Crippen LogP contribution is -1.91. The Morgan fingerprint density at radius 3 is 2.64 bits per heavy atom. The van der Waals surface area contributed by atoms with Gasteiger partial charge < -0.3 is 5.21 Å². The van der Waals surface area contributed by atoms with Gasteiger partial charge in [-0.3, -0.25) is 0 Å². The normalized spacial score (nSPS) is 12.1. The molecule has 1 rings (SSSR count). The predicted molar refractivity (Wildman–Crippen MR) is 48.3 cm³/mol. The van der Waals surface area contributed by atoms with E-state index in [0.29, 0.717) is 19.9 Å². The van der Waals surface area contributed by atoms with Crippen molar-refractivity contribution >= 4 is 40.3 Å². The van der Waals surface area contributed by atoms with Gasteiger partial charge in [-0.15, -0.1) is 11.3 Å². The monoisotopic (exact) mass is 209 g/mol. The molecule has 1 heterocycles. The van der Waals surface area contributed by atoms with Gasteiger partial charge in [0, 0.05) is 5.56 Å². The van der Waals surface area contributed by atoms with E-state index in [1.165, 1.54) is 11.3 Å². The van der Waals surface area contributed by atoms with Gasteiger partial charge in [0.1, 0.15) is 4.34 Å². The van der Waals surface area contributed by atoms with Crippen LogP contribution in [0.5, 0.6) is 0 Å². The van der Waals surface area contributed by atoms with Crippen LogP contribution in [0.1, 0.15) is 12.5 Å². The molecular formula is C6H5Cl2NOS. The molecule has 0 aromatic carbocycles. The Kier molecular flexibility index (Phi) is 2.76. The number of thiophene rings is 1. The summed E-state index contributed by atoms with van der Waals surface area (Å²) in [6.45, 7) is 1.66. The molecule has 0 aliphatic heterocycles. The van der Waals surface area contributed by atoms with E-state index in [1.54, 1.807) is 13.0 Å². The molecule has 0 bridgehead atoms. The van der Waals surface area contributed by atoms with Gasteiger partial charge in [-0.2, -0.15) is 0 Å². The summed E-state index contributed by atoms with van der Waals surface area (Å²) in [6, 6.07) is 1.67. The summed E-state index contributed by atoms with van der Waals surface area (Å²) in [5, 5.41) is 11.4. The van der Waals surface area contributed by atoms with Crippen LogP contribution in [0.25, 0.3) is 0 Å². The van der Waals surface area contributed by atoms with E-state index in [2.05, 4.69) is 5.16 Å². The Bertz CT molecular complexity index is 295. The number of nitrogens with zero attached hydrogens (tertiary/aromatic N) is 1. The summed E-state index contributed by atoms with van der Waals surface area (Å²) < 4.78 is 1.14. The Morgan fingerprint density at radius 2 is 2.27 bits per heavy atom. The van der Waals surface area contributed by atoms with Crippen LogP contribution in [0.4, 0.5) is 0 Å². The lowest BCUT2D eigenvalue weighted by atomic mass is 10.2. The summed E-state index contributed by atoms with van der Waals surface area (Å²) in [7, 11) is 0. The maximum Gasteiger partial charge on any atom is 0.104 e. The van der Waals surface area contributed by atoms with Gasteiger partial charge in [0.15, 0.2) is 0 Å². The Balaban J connectivity index is 3.13. The highest BCUT2D eigenvalue weighted by Crippen LogP contribution is 2.31. The molecule has 1 aromatic rings. The summed E-state index contributed by atoms with van der Waals surface area (Å²) in [5.74, 6) is 0. The average Bonchev–Trinajstić information content (AvgIpc) is 2.28. The summed E-state index contributed by atoms with van der Waals surface area (Å²) in [6.07, 6.45) is 0. The molecule has 0 atom stereocenters. The first-order valence-corrected chi connectivity index (χ1v) is 4.36. The fraction of sp³-hybridized carbons (Fsp3) is 0.167. The van der Waals surface area contributed by atoms with Crippen molar-refractivity contribution in [2.24, 2.45) is 5.16 Å². The standard InChI is InChI=1S/C6H5Cl2NOS/c1-3(9-10)4-2-5(7)11-6(4)8/h2,10H,1H3. The molecule has 2 nitrogen and oxygen atoms in total. The van der Waals surface area contributed by atoms with Crippen LogP contribution in [0.15, 0.2) is 11.2 Å². The van der Waals surface area contributed by atoms with Gasteiger partial charge in [-0.1, -0.05) is 28.4 Å². The second-order valence-electron chi connectivity index (χ2n) is 1.92. The van der Waals surface area contributed by atoms with E-state index >= 15 is 0 Å². The second kappa shape index (κ2) is 3.43. The number of oxime groups is 1. The highest BCUT2D eigenvalue weighted by Gasteiger charge is 2.08.